The molecule has 2 aromatic carbocycles. The fraction of sp³-hybridized carbons (Fsp3) is 0.296. The molecule has 2 aliphatic heterocycles. The molecule has 1 aromatic heterocycles. The van der Waals surface area contributed by atoms with Crippen molar-refractivity contribution in [2.45, 2.75) is 43.4 Å². The number of alkyl halides is 3. The van der Waals surface area contributed by atoms with Crippen molar-refractivity contribution in [1.29, 1.82) is 0 Å². The molecule has 1 fully saturated rings. The number of rotatable bonds is 3. The minimum atomic E-state index is -5.01. The van der Waals surface area contributed by atoms with Gasteiger partial charge in [0, 0.05) is 48.7 Å². The average molecular weight is 495 g/mol. The Morgan fingerprint density at radius 3 is 2.39 bits per heavy atom. The molecule has 36 heavy (non-hydrogen) atoms. The molecular weight excluding hydrogens is 469 g/mol. The number of fused-ring (bicyclic) bond motifs is 5. The van der Waals surface area contributed by atoms with E-state index in [1.54, 1.807) is 24.5 Å². The summed E-state index contributed by atoms with van der Waals surface area (Å²) < 4.78 is 39.4. The van der Waals surface area contributed by atoms with Gasteiger partial charge in [0.1, 0.15) is 5.54 Å². The Balaban J connectivity index is 1.69. The van der Waals surface area contributed by atoms with E-state index in [2.05, 4.69) is 22.5 Å². The van der Waals surface area contributed by atoms with Crippen LogP contribution in [0.25, 0.3) is 0 Å². The van der Waals surface area contributed by atoms with Crippen molar-refractivity contribution in [2.24, 2.45) is 0 Å². The van der Waals surface area contributed by atoms with Gasteiger partial charge in [0.2, 0.25) is 0 Å². The van der Waals surface area contributed by atoms with Gasteiger partial charge in [-0.1, -0.05) is 49.4 Å². The van der Waals surface area contributed by atoms with Crippen LogP contribution in [-0.2, 0) is 15.1 Å². The average Bonchev–Trinajstić information content (AvgIpc) is 2.96. The van der Waals surface area contributed by atoms with Crippen LogP contribution < -0.4 is 15.5 Å². The van der Waals surface area contributed by atoms with E-state index in [4.69, 9.17) is 0 Å². The molecule has 3 aromatic rings. The molecule has 2 N–H and O–H groups in total. The van der Waals surface area contributed by atoms with Crippen LogP contribution in [0.1, 0.15) is 42.4 Å². The molecule has 2 amide bonds. The van der Waals surface area contributed by atoms with E-state index >= 15 is 0 Å². The summed E-state index contributed by atoms with van der Waals surface area (Å²) in [4.78, 5) is 32.1. The van der Waals surface area contributed by atoms with Crippen molar-refractivity contribution in [3.63, 3.8) is 0 Å². The summed E-state index contributed by atoms with van der Waals surface area (Å²) >= 11 is 0. The summed E-state index contributed by atoms with van der Waals surface area (Å²) in [6.07, 6.45) is -1.67. The van der Waals surface area contributed by atoms with Gasteiger partial charge in [-0.05, 0) is 41.3 Å². The monoisotopic (exact) mass is 494 g/mol. The first-order valence-electron chi connectivity index (χ1n) is 11.8. The first kappa shape index (κ1) is 23.8. The third kappa shape index (κ3) is 3.98. The first-order valence-corrected chi connectivity index (χ1v) is 11.8. The van der Waals surface area contributed by atoms with Crippen LogP contribution in [0.2, 0.25) is 0 Å². The molecule has 0 bridgehead atoms. The summed E-state index contributed by atoms with van der Waals surface area (Å²) in [6, 6.07) is 17.8. The Labute approximate surface area is 206 Å². The van der Waals surface area contributed by atoms with Crippen molar-refractivity contribution in [3.05, 3.63) is 89.7 Å². The minimum Gasteiger partial charge on any atom is -0.353 e. The first-order chi connectivity index (χ1) is 17.2. The number of carbonyl (C=O) groups excluding carboxylic acids is 2. The number of pyridine rings is 1. The fourth-order valence-electron chi connectivity index (χ4n) is 5.54. The lowest BCUT2D eigenvalue weighted by Gasteiger charge is -2.50. The van der Waals surface area contributed by atoms with Crippen molar-refractivity contribution in [3.8, 4) is 0 Å². The zero-order valence-electron chi connectivity index (χ0n) is 19.5. The van der Waals surface area contributed by atoms with Gasteiger partial charge in [-0.25, -0.2) is 0 Å². The summed E-state index contributed by atoms with van der Waals surface area (Å²) in [5.74, 6) is -2.44. The number of benzene rings is 2. The van der Waals surface area contributed by atoms with Crippen LogP contribution in [0.4, 0.5) is 24.5 Å². The molecule has 5 rings (SSSR count). The molecule has 0 spiro atoms. The van der Waals surface area contributed by atoms with E-state index in [-0.39, 0.29) is 31.2 Å². The molecule has 3 heterocycles. The van der Waals surface area contributed by atoms with Crippen LogP contribution in [0.3, 0.4) is 0 Å². The number of hydrogen-bond acceptors (Lipinski definition) is 4. The summed E-state index contributed by atoms with van der Waals surface area (Å²) in [5.41, 5.74) is 2.68. The van der Waals surface area contributed by atoms with Crippen LogP contribution in [0.15, 0.2) is 73.1 Å². The van der Waals surface area contributed by atoms with E-state index in [9.17, 15) is 22.8 Å². The van der Waals surface area contributed by atoms with E-state index in [0.717, 1.165) is 16.8 Å². The summed E-state index contributed by atoms with van der Waals surface area (Å²) in [7, 11) is 0. The number of nitrogens with zero attached hydrogens (tertiary/aromatic N) is 2. The molecule has 6 nitrogen and oxygen atoms in total. The Kier molecular flexibility index (Phi) is 5.94. The Bertz CT molecular complexity index is 1300. The highest BCUT2D eigenvalue weighted by molar-refractivity contribution is 6.02. The number of para-hydroxylation sites is 1. The van der Waals surface area contributed by atoms with Gasteiger partial charge in [0.25, 0.3) is 5.91 Å². The van der Waals surface area contributed by atoms with Gasteiger partial charge >= 0.3 is 12.1 Å². The van der Waals surface area contributed by atoms with E-state index < -0.39 is 23.7 Å². The predicted octanol–water partition coefficient (Wildman–Crippen LogP) is 4.73. The molecule has 186 valence electrons. The number of piperidine rings is 1. The number of carbonyl (C=O) groups is 2. The molecule has 9 heteroatoms. The van der Waals surface area contributed by atoms with Gasteiger partial charge in [-0.2, -0.15) is 13.2 Å². The number of anilines is 2. The smallest absolute Gasteiger partial charge is 0.353 e. The second-order valence-electron chi connectivity index (χ2n) is 9.23. The largest absolute Gasteiger partial charge is 0.471 e. The highest BCUT2D eigenvalue weighted by atomic mass is 19.4. The third-order valence-corrected chi connectivity index (χ3v) is 7.18. The number of halogens is 3. The Morgan fingerprint density at radius 2 is 1.67 bits per heavy atom. The molecule has 0 unspecified atom stereocenters. The second kappa shape index (κ2) is 8.96. The van der Waals surface area contributed by atoms with Crippen molar-refractivity contribution in [1.82, 2.24) is 10.3 Å². The van der Waals surface area contributed by atoms with Crippen LogP contribution in [0, 0.1) is 0 Å². The lowest BCUT2D eigenvalue weighted by Crippen LogP contribution is -2.62. The molecule has 0 aliphatic carbocycles. The highest BCUT2D eigenvalue weighted by Gasteiger charge is 2.54. The summed E-state index contributed by atoms with van der Waals surface area (Å²) in [5, 5.41) is 5.11. The minimum absolute atomic E-state index is 0.0240. The zero-order valence-corrected chi connectivity index (χ0v) is 19.5. The van der Waals surface area contributed by atoms with E-state index in [0.29, 0.717) is 11.3 Å². The molecular formula is C27H25F3N4O2. The maximum atomic E-state index is 14.3. The number of amides is 2. The van der Waals surface area contributed by atoms with Crippen molar-refractivity contribution in [2.75, 3.05) is 16.8 Å². The predicted molar refractivity (Wildman–Crippen MR) is 130 cm³/mol. The lowest BCUT2D eigenvalue weighted by atomic mass is 9.74. The van der Waals surface area contributed by atoms with Gasteiger partial charge in [-0.3, -0.25) is 14.6 Å². The van der Waals surface area contributed by atoms with Gasteiger partial charge in [-0.15, -0.1) is 0 Å². The Morgan fingerprint density at radius 1 is 1.00 bits per heavy atom. The number of hydrogen-bond donors (Lipinski definition) is 2. The van der Waals surface area contributed by atoms with E-state index in [1.165, 1.54) is 0 Å². The van der Waals surface area contributed by atoms with Gasteiger partial charge in [0.05, 0.1) is 0 Å². The number of aromatic nitrogens is 1. The van der Waals surface area contributed by atoms with Crippen LogP contribution in [-0.4, -0.2) is 35.6 Å². The highest BCUT2D eigenvalue weighted by Crippen LogP contribution is 2.50. The van der Waals surface area contributed by atoms with Crippen LogP contribution >= 0.6 is 0 Å². The molecule has 3 atom stereocenters. The summed E-state index contributed by atoms with van der Waals surface area (Å²) in [6.45, 7) is 2.35. The standard InChI is InChI=1S/C27H25F3N4O2/c1-17-20-6-2-4-8-22(20)26(24(35)32-18-10-13-31-14-11-18)16-19(33-25(36)27(28,29)30)12-15-34(26)23-9-5-3-7-21(17)23/h2-11,13-14,17,19H,12,15-16H2,1H3,(H,33,36)(H,31,32,35)/t17-,19-,26-/m1/s1. The Hall–Kier alpha value is -3.88. The normalized spacial score (nSPS) is 22.9. The SMILES string of the molecule is C[C@H]1c2ccccc2N2CC[C@@H](NC(=O)C(F)(F)F)C[C@]2(C(=O)Nc2ccncc2)c2ccccc21. The van der Waals surface area contributed by atoms with Gasteiger partial charge < -0.3 is 15.5 Å². The molecule has 2 aliphatic rings. The maximum absolute atomic E-state index is 14.3. The zero-order chi connectivity index (χ0) is 25.5. The van der Waals surface area contributed by atoms with Crippen LogP contribution in [0.5, 0.6) is 0 Å². The molecule has 0 radical (unpaired) electrons. The third-order valence-electron chi connectivity index (χ3n) is 7.18. The van der Waals surface area contributed by atoms with Crippen molar-refractivity contribution < 1.29 is 22.8 Å². The fourth-order valence-corrected chi connectivity index (χ4v) is 5.54. The maximum Gasteiger partial charge on any atom is 0.471 e. The number of nitrogens with one attached hydrogen (secondary N) is 2. The quantitative estimate of drug-likeness (QED) is 0.552. The van der Waals surface area contributed by atoms with Gasteiger partial charge in [0.15, 0.2) is 0 Å². The molecule has 0 saturated carbocycles. The van der Waals surface area contributed by atoms with Crippen molar-refractivity contribution >= 4 is 23.2 Å². The van der Waals surface area contributed by atoms with E-state index in [1.807, 2.05) is 53.4 Å². The molecule has 1 saturated heterocycles. The second-order valence-corrected chi connectivity index (χ2v) is 9.23. The topological polar surface area (TPSA) is 74.3 Å². The lowest BCUT2D eigenvalue weighted by molar-refractivity contribution is -0.174.